The highest BCUT2D eigenvalue weighted by molar-refractivity contribution is 7.33. The van der Waals surface area contributed by atoms with Gasteiger partial charge in [0.2, 0.25) is 0 Å². The van der Waals surface area contributed by atoms with Crippen LogP contribution in [-0.2, 0) is 32.5 Å². The van der Waals surface area contributed by atoms with Gasteiger partial charge in [0.15, 0.2) is 0 Å². The molecule has 5 aromatic carbocycles. The van der Waals surface area contributed by atoms with Gasteiger partial charge in [-0.15, -0.1) is 11.3 Å². The third-order valence-electron chi connectivity index (χ3n) is 15.5. The number of thiophene rings is 1. The van der Waals surface area contributed by atoms with E-state index in [1.54, 1.807) is 0 Å². The van der Waals surface area contributed by atoms with Crippen LogP contribution in [0.5, 0.6) is 0 Å². The fourth-order valence-electron chi connectivity index (χ4n) is 11.3. The smallest absolute Gasteiger partial charge is 0.264 e. The molecule has 0 saturated carbocycles. The van der Waals surface area contributed by atoms with Gasteiger partial charge in [0.05, 0.1) is 5.69 Å². The molecule has 1 aromatic heterocycles. The Bertz CT molecular complexity index is 2750. The van der Waals surface area contributed by atoms with Crippen molar-refractivity contribution in [2.45, 2.75) is 155 Å². The molecule has 4 aliphatic rings. The molecular formula is C56H65BN2S. The number of benzene rings is 5. The molecule has 2 aliphatic carbocycles. The summed E-state index contributed by atoms with van der Waals surface area (Å²) >= 11 is 2.01. The van der Waals surface area contributed by atoms with Gasteiger partial charge in [-0.05, 0) is 151 Å². The van der Waals surface area contributed by atoms with Crippen LogP contribution in [0.4, 0.5) is 34.1 Å². The zero-order chi connectivity index (χ0) is 42.7. The van der Waals surface area contributed by atoms with E-state index < -0.39 is 0 Å². The second kappa shape index (κ2) is 12.7. The van der Waals surface area contributed by atoms with Crippen LogP contribution in [0, 0.1) is 0 Å². The summed E-state index contributed by atoms with van der Waals surface area (Å²) in [4.78, 5) is 5.37. The highest BCUT2D eigenvalue weighted by Gasteiger charge is 2.49. The fraction of sp³-hybridized carbons (Fsp3) is 0.429. The summed E-state index contributed by atoms with van der Waals surface area (Å²) in [5.74, 6) is 0. The first-order valence-electron chi connectivity index (χ1n) is 22.7. The molecule has 0 fully saturated rings. The Morgan fingerprint density at radius 3 is 1.62 bits per heavy atom. The predicted octanol–water partition coefficient (Wildman–Crippen LogP) is 14.3. The Labute approximate surface area is 365 Å². The topological polar surface area (TPSA) is 6.48 Å². The maximum atomic E-state index is 2.72. The molecule has 0 atom stereocenters. The number of fused-ring (bicyclic) bond motifs is 8. The molecule has 0 bridgehead atoms. The van der Waals surface area contributed by atoms with Crippen molar-refractivity contribution in [2.24, 2.45) is 0 Å². The van der Waals surface area contributed by atoms with Gasteiger partial charge in [0.1, 0.15) is 0 Å². The van der Waals surface area contributed by atoms with E-state index in [9.17, 15) is 0 Å². The summed E-state index contributed by atoms with van der Waals surface area (Å²) in [7, 11) is 0. The Kier molecular flexibility index (Phi) is 8.40. The van der Waals surface area contributed by atoms with Gasteiger partial charge in [0, 0.05) is 43.3 Å². The molecule has 10 rings (SSSR count). The van der Waals surface area contributed by atoms with Crippen LogP contribution in [0.2, 0.25) is 0 Å². The van der Waals surface area contributed by atoms with E-state index in [0.717, 1.165) is 0 Å². The van der Waals surface area contributed by atoms with E-state index in [4.69, 9.17) is 0 Å². The average molecular weight is 809 g/mol. The molecule has 60 heavy (non-hydrogen) atoms. The third kappa shape index (κ3) is 5.85. The van der Waals surface area contributed by atoms with E-state index in [0.29, 0.717) is 0 Å². The second-order valence-corrected chi connectivity index (χ2v) is 24.7. The quantitative estimate of drug-likeness (QED) is 0.161. The first kappa shape index (κ1) is 39.8. The SMILES string of the molecule is CC(C)(C)c1ccc(N2c3cc(C(C)(C)C)cc4c3B(c3cc5c(cc3N4c3ccc4c(c3)C(C)(C)CCC4(C)C)C(C)(C)CCC5(C)C)c3sc4ccccc4c32)cc1. The minimum atomic E-state index is -0.0739. The molecule has 0 spiro atoms. The monoisotopic (exact) mass is 808 g/mol. The summed E-state index contributed by atoms with van der Waals surface area (Å²) in [5, 5.41) is 1.34. The molecular weight excluding hydrogens is 744 g/mol. The maximum Gasteiger partial charge on any atom is 0.264 e. The third-order valence-corrected chi connectivity index (χ3v) is 16.7. The van der Waals surface area contributed by atoms with Crippen molar-refractivity contribution in [3.63, 3.8) is 0 Å². The molecule has 2 nitrogen and oxygen atoms in total. The van der Waals surface area contributed by atoms with Gasteiger partial charge in [-0.2, -0.15) is 0 Å². The summed E-state index contributed by atoms with van der Waals surface area (Å²) in [6.45, 7) is 34.0. The summed E-state index contributed by atoms with van der Waals surface area (Å²) < 4.78 is 2.81. The van der Waals surface area contributed by atoms with Crippen LogP contribution < -0.4 is 25.5 Å². The van der Waals surface area contributed by atoms with E-state index in [2.05, 4.69) is 198 Å². The first-order chi connectivity index (χ1) is 28.0. The van der Waals surface area contributed by atoms with Gasteiger partial charge in [-0.1, -0.05) is 139 Å². The molecule has 3 heterocycles. The summed E-state index contributed by atoms with van der Waals surface area (Å²) in [5.41, 5.74) is 19.9. The zero-order valence-corrected chi connectivity index (χ0v) is 39.7. The number of anilines is 6. The average Bonchev–Trinajstić information content (AvgIpc) is 3.56. The lowest BCUT2D eigenvalue weighted by atomic mass is 9.35. The molecule has 0 radical (unpaired) electrons. The Morgan fingerprint density at radius 1 is 0.500 bits per heavy atom. The lowest BCUT2D eigenvalue weighted by Gasteiger charge is -2.48. The lowest BCUT2D eigenvalue weighted by Crippen LogP contribution is -2.61. The molecule has 0 N–H and O–H groups in total. The van der Waals surface area contributed by atoms with Crippen molar-refractivity contribution in [1.82, 2.24) is 0 Å². The summed E-state index contributed by atoms with van der Waals surface area (Å²) in [6, 6.07) is 36.7. The fourth-order valence-corrected chi connectivity index (χ4v) is 12.6. The van der Waals surface area contributed by atoms with Crippen LogP contribution in [-0.4, -0.2) is 6.71 Å². The number of rotatable bonds is 2. The lowest BCUT2D eigenvalue weighted by molar-refractivity contribution is 0.332. The van der Waals surface area contributed by atoms with Crippen LogP contribution >= 0.6 is 11.3 Å². The summed E-state index contributed by atoms with van der Waals surface area (Å²) in [6.07, 6.45) is 4.79. The predicted molar refractivity (Wildman–Crippen MR) is 264 cm³/mol. The normalized spacial score (nSPS) is 19.3. The molecule has 0 amide bonds. The van der Waals surface area contributed by atoms with Crippen molar-refractivity contribution >= 4 is 78.0 Å². The van der Waals surface area contributed by atoms with E-state index in [1.807, 2.05) is 11.3 Å². The highest BCUT2D eigenvalue weighted by Crippen LogP contribution is 2.54. The van der Waals surface area contributed by atoms with Gasteiger partial charge in [0.25, 0.3) is 6.71 Å². The number of nitrogens with zero attached hydrogens (tertiary/aromatic N) is 2. The minimum absolute atomic E-state index is 0.0709. The number of hydrogen-bond acceptors (Lipinski definition) is 3. The maximum absolute atomic E-state index is 2.72. The van der Waals surface area contributed by atoms with Crippen LogP contribution in [0.1, 0.15) is 156 Å². The zero-order valence-electron chi connectivity index (χ0n) is 38.9. The second-order valence-electron chi connectivity index (χ2n) is 23.6. The highest BCUT2D eigenvalue weighted by atomic mass is 32.1. The van der Waals surface area contributed by atoms with Crippen LogP contribution in [0.25, 0.3) is 10.1 Å². The van der Waals surface area contributed by atoms with Gasteiger partial charge >= 0.3 is 0 Å². The van der Waals surface area contributed by atoms with Crippen LogP contribution in [0.15, 0.2) is 91.0 Å². The Balaban J connectivity index is 1.35. The molecule has 0 unspecified atom stereocenters. The minimum Gasteiger partial charge on any atom is -0.311 e. The van der Waals surface area contributed by atoms with Crippen molar-refractivity contribution < 1.29 is 0 Å². The first-order valence-corrected chi connectivity index (χ1v) is 23.5. The molecule has 6 aromatic rings. The van der Waals surface area contributed by atoms with E-state index >= 15 is 0 Å². The van der Waals surface area contributed by atoms with Gasteiger partial charge < -0.3 is 9.80 Å². The standard InChI is InChI=1S/C56H65BN2S/c1-51(2,3)34-19-21-36(22-20-34)59-46-30-35(52(4,5)6)29-45-48(46)57(50-49(59)38-17-15-16-18-47(38)60-50)43-32-41-42(56(13,14)28-27-55(41,11)12)33-44(43)58(45)37-23-24-39-40(31-37)54(9,10)26-25-53(39,7)8/h15-24,29-33H,25-28H2,1-14H3. The largest absolute Gasteiger partial charge is 0.311 e. The Morgan fingerprint density at radius 2 is 1.02 bits per heavy atom. The van der Waals surface area contributed by atoms with E-state index in [-0.39, 0.29) is 39.2 Å². The van der Waals surface area contributed by atoms with Crippen molar-refractivity contribution in [3.05, 3.63) is 124 Å². The number of hydrogen-bond donors (Lipinski definition) is 0. The Hall–Kier alpha value is -4.28. The van der Waals surface area contributed by atoms with Crippen LogP contribution in [0.3, 0.4) is 0 Å². The molecule has 308 valence electrons. The molecule has 0 saturated heterocycles. The molecule has 4 heteroatoms. The van der Waals surface area contributed by atoms with E-state index in [1.165, 1.54) is 119 Å². The van der Waals surface area contributed by atoms with Gasteiger partial charge in [-0.3, -0.25) is 0 Å². The van der Waals surface area contributed by atoms with Crippen molar-refractivity contribution in [2.75, 3.05) is 9.80 Å². The van der Waals surface area contributed by atoms with Crippen molar-refractivity contribution in [1.29, 1.82) is 0 Å². The van der Waals surface area contributed by atoms with Crippen molar-refractivity contribution in [3.8, 4) is 0 Å². The molecule has 2 aliphatic heterocycles. The van der Waals surface area contributed by atoms with Gasteiger partial charge in [-0.25, -0.2) is 0 Å².